The standard InChI is InChI=1S/C23H23N3O4S2/c1-13(2)10-26-22(28)20-15-5-3-4-6-18(15)32-21(20)25-23(26)31-11-19(27)24-14-7-8-16-17(9-14)30-12-29-16/h7-9H,1,3-6,10-12H2,2H3,(H,24,27). The molecule has 1 aliphatic carbocycles. The van der Waals surface area contributed by atoms with Crippen LogP contribution in [0.4, 0.5) is 5.69 Å². The van der Waals surface area contributed by atoms with Crippen molar-refractivity contribution in [1.29, 1.82) is 0 Å². The van der Waals surface area contributed by atoms with Crippen molar-refractivity contribution in [2.75, 3.05) is 17.9 Å². The summed E-state index contributed by atoms with van der Waals surface area (Å²) in [5.74, 6) is 1.22. The van der Waals surface area contributed by atoms with Crippen molar-refractivity contribution in [2.24, 2.45) is 0 Å². The predicted octanol–water partition coefficient (Wildman–Crippen LogP) is 4.37. The number of carbonyl (C=O) groups excluding carboxylic acids is 1. The number of benzene rings is 1. The maximum atomic E-state index is 13.4. The van der Waals surface area contributed by atoms with Crippen molar-refractivity contribution in [3.8, 4) is 11.5 Å². The number of aromatic nitrogens is 2. The second-order valence-electron chi connectivity index (χ2n) is 8.04. The molecule has 1 amide bonds. The summed E-state index contributed by atoms with van der Waals surface area (Å²) in [5.41, 5.74) is 2.63. The molecule has 0 fully saturated rings. The summed E-state index contributed by atoms with van der Waals surface area (Å²) in [6.45, 7) is 6.43. The zero-order valence-electron chi connectivity index (χ0n) is 17.7. The Morgan fingerprint density at radius 1 is 1.28 bits per heavy atom. The number of nitrogens with one attached hydrogen (secondary N) is 1. The maximum Gasteiger partial charge on any atom is 0.263 e. The number of rotatable bonds is 6. The SMILES string of the molecule is C=C(C)Cn1c(SCC(=O)Nc2ccc3c(c2)OCO3)nc2sc3c(c2c1=O)CCCC3. The van der Waals surface area contributed by atoms with E-state index >= 15 is 0 Å². The molecule has 2 aromatic heterocycles. The van der Waals surface area contributed by atoms with E-state index in [0.717, 1.165) is 41.5 Å². The minimum atomic E-state index is -0.185. The van der Waals surface area contributed by atoms with Gasteiger partial charge in [-0.15, -0.1) is 11.3 Å². The van der Waals surface area contributed by atoms with Crippen molar-refractivity contribution < 1.29 is 14.3 Å². The van der Waals surface area contributed by atoms with Gasteiger partial charge in [0.1, 0.15) is 4.83 Å². The highest BCUT2D eigenvalue weighted by Crippen LogP contribution is 2.36. The van der Waals surface area contributed by atoms with Gasteiger partial charge in [-0.2, -0.15) is 0 Å². The van der Waals surface area contributed by atoms with Gasteiger partial charge >= 0.3 is 0 Å². The van der Waals surface area contributed by atoms with Gasteiger partial charge in [-0.1, -0.05) is 23.9 Å². The van der Waals surface area contributed by atoms with Crippen LogP contribution in [0.25, 0.3) is 10.2 Å². The van der Waals surface area contributed by atoms with Crippen molar-refractivity contribution in [1.82, 2.24) is 9.55 Å². The van der Waals surface area contributed by atoms with Gasteiger partial charge in [0, 0.05) is 23.2 Å². The van der Waals surface area contributed by atoms with Gasteiger partial charge in [0.05, 0.1) is 11.1 Å². The lowest BCUT2D eigenvalue weighted by atomic mass is 9.97. The number of fused-ring (bicyclic) bond motifs is 4. The van der Waals surface area contributed by atoms with Gasteiger partial charge in [-0.05, 0) is 50.3 Å². The number of thiophene rings is 1. The van der Waals surface area contributed by atoms with E-state index in [1.807, 2.05) is 6.92 Å². The Labute approximate surface area is 193 Å². The Balaban J connectivity index is 1.39. The summed E-state index contributed by atoms with van der Waals surface area (Å²) in [4.78, 5) is 32.9. The molecule has 32 heavy (non-hydrogen) atoms. The molecular formula is C23H23N3O4S2. The summed E-state index contributed by atoms with van der Waals surface area (Å²) in [6, 6.07) is 5.28. The van der Waals surface area contributed by atoms with Crippen LogP contribution in [-0.2, 0) is 24.2 Å². The van der Waals surface area contributed by atoms with Crippen LogP contribution in [0.15, 0.2) is 40.3 Å². The lowest BCUT2D eigenvalue weighted by molar-refractivity contribution is -0.113. The minimum Gasteiger partial charge on any atom is -0.454 e. The second kappa shape index (κ2) is 8.63. The molecule has 0 radical (unpaired) electrons. The molecule has 9 heteroatoms. The zero-order valence-corrected chi connectivity index (χ0v) is 19.4. The summed E-state index contributed by atoms with van der Waals surface area (Å²) in [6.07, 6.45) is 4.21. The number of carbonyl (C=O) groups is 1. The van der Waals surface area contributed by atoms with Crippen LogP contribution >= 0.6 is 23.1 Å². The molecule has 0 saturated heterocycles. The number of anilines is 1. The van der Waals surface area contributed by atoms with Crippen LogP contribution in [0.1, 0.15) is 30.2 Å². The molecule has 0 unspecified atom stereocenters. The number of nitrogens with zero attached hydrogens (tertiary/aromatic N) is 2. The number of hydrogen-bond donors (Lipinski definition) is 1. The molecule has 1 aliphatic heterocycles. The van der Waals surface area contributed by atoms with E-state index in [1.54, 1.807) is 34.1 Å². The number of thioether (sulfide) groups is 1. The highest BCUT2D eigenvalue weighted by molar-refractivity contribution is 7.99. The highest BCUT2D eigenvalue weighted by Gasteiger charge is 2.23. The highest BCUT2D eigenvalue weighted by atomic mass is 32.2. The lowest BCUT2D eigenvalue weighted by Gasteiger charge is -2.13. The van der Waals surface area contributed by atoms with Crippen LogP contribution in [0.3, 0.4) is 0 Å². The van der Waals surface area contributed by atoms with Gasteiger partial charge in [0.25, 0.3) is 5.56 Å². The molecule has 166 valence electrons. The van der Waals surface area contributed by atoms with E-state index in [-0.39, 0.29) is 24.0 Å². The Hall–Kier alpha value is -2.78. The van der Waals surface area contributed by atoms with E-state index < -0.39 is 0 Å². The number of hydrogen-bond acceptors (Lipinski definition) is 7. The lowest BCUT2D eigenvalue weighted by Crippen LogP contribution is -2.25. The number of ether oxygens (including phenoxy) is 2. The van der Waals surface area contributed by atoms with Gasteiger partial charge < -0.3 is 14.8 Å². The van der Waals surface area contributed by atoms with E-state index in [0.29, 0.717) is 28.9 Å². The fourth-order valence-corrected chi connectivity index (χ4v) is 6.14. The Morgan fingerprint density at radius 2 is 2.09 bits per heavy atom. The summed E-state index contributed by atoms with van der Waals surface area (Å²) in [7, 11) is 0. The molecule has 7 nitrogen and oxygen atoms in total. The first-order valence-corrected chi connectivity index (χ1v) is 12.3. The number of allylic oxidation sites excluding steroid dienone is 1. The monoisotopic (exact) mass is 469 g/mol. The molecule has 0 atom stereocenters. The van der Waals surface area contributed by atoms with E-state index in [9.17, 15) is 9.59 Å². The Kier molecular flexibility index (Phi) is 5.69. The topological polar surface area (TPSA) is 82.5 Å². The fourth-order valence-electron chi connectivity index (χ4n) is 4.04. The molecule has 3 aromatic rings. The van der Waals surface area contributed by atoms with Gasteiger partial charge in [-0.25, -0.2) is 4.98 Å². The van der Waals surface area contributed by atoms with E-state index in [4.69, 9.17) is 14.5 Å². The Morgan fingerprint density at radius 3 is 2.94 bits per heavy atom. The normalized spacial score (nSPS) is 14.4. The van der Waals surface area contributed by atoms with Crippen LogP contribution in [-0.4, -0.2) is 28.0 Å². The zero-order chi connectivity index (χ0) is 22.2. The molecule has 5 rings (SSSR count). The van der Waals surface area contributed by atoms with Gasteiger partial charge in [0.2, 0.25) is 12.7 Å². The third kappa shape index (κ3) is 4.02. The van der Waals surface area contributed by atoms with Gasteiger partial charge in [-0.3, -0.25) is 14.2 Å². The summed E-state index contributed by atoms with van der Waals surface area (Å²) >= 11 is 2.88. The van der Waals surface area contributed by atoms with Crippen LogP contribution in [0, 0.1) is 0 Å². The Bertz CT molecular complexity index is 1290. The van der Waals surface area contributed by atoms with Crippen LogP contribution < -0.4 is 20.3 Å². The first-order chi connectivity index (χ1) is 15.5. The van der Waals surface area contributed by atoms with Crippen molar-refractivity contribution in [2.45, 2.75) is 44.3 Å². The minimum absolute atomic E-state index is 0.0314. The van der Waals surface area contributed by atoms with Gasteiger partial charge in [0.15, 0.2) is 16.7 Å². The average Bonchev–Trinajstić information content (AvgIpc) is 3.38. The average molecular weight is 470 g/mol. The first-order valence-electron chi connectivity index (χ1n) is 10.5. The molecule has 2 aliphatic rings. The molecule has 1 N–H and O–H groups in total. The maximum absolute atomic E-state index is 13.4. The molecule has 0 saturated carbocycles. The van der Waals surface area contributed by atoms with Crippen LogP contribution in [0.5, 0.6) is 11.5 Å². The summed E-state index contributed by atoms with van der Waals surface area (Å²) in [5, 5.41) is 4.16. The van der Waals surface area contributed by atoms with Crippen LogP contribution in [0.2, 0.25) is 0 Å². The van der Waals surface area contributed by atoms with Crippen molar-refractivity contribution >= 4 is 44.9 Å². The van der Waals surface area contributed by atoms with Crippen molar-refractivity contribution in [3.63, 3.8) is 0 Å². The number of amides is 1. The molecule has 3 heterocycles. The molecule has 0 bridgehead atoms. The van der Waals surface area contributed by atoms with Crippen molar-refractivity contribution in [3.05, 3.63) is 51.1 Å². The third-order valence-corrected chi connectivity index (χ3v) is 7.62. The third-order valence-electron chi connectivity index (χ3n) is 5.46. The molecule has 1 aromatic carbocycles. The largest absolute Gasteiger partial charge is 0.454 e. The summed E-state index contributed by atoms with van der Waals surface area (Å²) < 4.78 is 12.3. The molecular weight excluding hydrogens is 446 g/mol. The fraction of sp³-hybridized carbons (Fsp3) is 0.348. The quantitative estimate of drug-likeness (QED) is 0.328. The predicted molar refractivity (Wildman–Crippen MR) is 127 cm³/mol. The van der Waals surface area contributed by atoms with E-state index in [1.165, 1.54) is 22.2 Å². The van der Waals surface area contributed by atoms with E-state index in [2.05, 4.69) is 11.9 Å². The molecule has 0 spiro atoms. The first kappa shape index (κ1) is 21.1. The second-order valence-corrected chi connectivity index (χ2v) is 10.1. The smallest absolute Gasteiger partial charge is 0.263 e. The number of aryl methyl sites for hydroxylation is 2.